The van der Waals surface area contributed by atoms with Gasteiger partial charge in [-0.1, -0.05) is 37.6 Å². The molecule has 3 heterocycles. The van der Waals surface area contributed by atoms with E-state index >= 15 is 0 Å². The van der Waals surface area contributed by atoms with E-state index in [1.54, 1.807) is 36.4 Å². The maximum atomic E-state index is 13.2. The van der Waals surface area contributed by atoms with Crippen molar-refractivity contribution < 1.29 is 23.9 Å². The molecule has 1 aromatic carbocycles. The number of nitrogens with one attached hydrogen (secondary N) is 1. The number of carbonyl (C=O) groups excluding carboxylic acids is 3. The SMILES string of the molecule is CC(C)COC(=O)NC[C@@]12C=C[C@@H](O1)[C@H]1C(=O)N(c3ccc(Cl)cc3)C(=O)[C@H]12. The zero-order valence-electron chi connectivity index (χ0n) is 15.6. The fraction of sp³-hybridized carbons (Fsp3) is 0.450. The highest BCUT2D eigenvalue weighted by Gasteiger charge is 2.67. The monoisotopic (exact) mass is 404 g/mol. The average molecular weight is 405 g/mol. The van der Waals surface area contributed by atoms with Crippen molar-refractivity contribution in [3.63, 3.8) is 0 Å². The fourth-order valence-corrected chi connectivity index (χ4v) is 4.18. The van der Waals surface area contributed by atoms with Crippen molar-refractivity contribution in [3.05, 3.63) is 41.4 Å². The molecule has 0 unspecified atom stereocenters. The molecule has 4 rings (SSSR count). The van der Waals surface area contributed by atoms with Gasteiger partial charge in [-0.15, -0.1) is 0 Å². The van der Waals surface area contributed by atoms with Crippen LogP contribution in [0.1, 0.15) is 13.8 Å². The Morgan fingerprint density at radius 3 is 2.68 bits per heavy atom. The first-order valence-electron chi connectivity index (χ1n) is 9.23. The number of hydrogen-bond acceptors (Lipinski definition) is 5. The van der Waals surface area contributed by atoms with Crippen molar-refractivity contribution in [2.75, 3.05) is 18.1 Å². The molecule has 3 amide bonds. The molecule has 1 N–H and O–H groups in total. The molecule has 2 bridgehead atoms. The topological polar surface area (TPSA) is 84.9 Å². The number of amides is 3. The minimum atomic E-state index is -1.04. The molecule has 0 radical (unpaired) electrons. The van der Waals surface area contributed by atoms with Crippen LogP contribution in [-0.4, -0.2) is 42.8 Å². The Balaban J connectivity index is 1.53. The summed E-state index contributed by atoms with van der Waals surface area (Å²) in [6.45, 7) is 4.24. The summed E-state index contributed by atoms with van der Waals surface area (Å²) in [6.07, 6.45) is 2.52. The lowest BCUT2D eigenvalue weighted by atomic mass is 9.77. The van der Waals surface area contributed by atoms with Crippen molar-refractivity contribution in [3.8, 4) is 0 Å². The number of anilines is 1. The van der Waals surface area contributed by atoms with Crippen LogP contribution in [0.25, 0.3) is 0 Å². The molecule has 0 saturated carbocycles. The molecule has 148 valence electrons. The Bertz CT molecular complexity index is 853. The molecule has 0 aromatic heterocycles. The molecule has 3 aliphatic heterocycles. The van der Waals surface area contributed by atoms with E-state index in [-0.39, 0.29) is 24.3 Å². The van der Waals surface area contributed by atoms with E-state index in [0.29, 0.717) is 17.3 Å². The Morgan fingerprint density at radius 1 is 1.29 bits per heavy atom. The van der Waals surface area contributed by atoms with Crippen LogP contribution in [0.15, 0.2) is 36.4 Å². The smallest absolute Gasteiger partial charge is 0.407 e. The normalized spacial score (nSPS) is 30.3. The third kappa shape index (κ3) is 2.99. The molecular weight excluding hydrogens is 384 g/mol. The Kier molecular flexibility index (Phi) is 4.67. The van der Waals surface area contributed by atoms with Gasteiger partial charge in [-0.25, -0.2) is 9.69 Å². The highest BCUT2D eigenvalue weighted by molar-refractivity contribution is 6.31. The van der Waals surface area contributed by atoms with E-state index < -0.39 is 29.6 Å². The summed E-state index contributed by atoms with van der Waals surface area (Å²) >= 11 is 5.91. The van der Waals surface area contributed by atoms with E-state index in [0.717, 1.165) is 0 Å². The molecular formula is C20H21ClN2O5. The molecule has 3 aliphatic rings. The van der Waals surface area contributed by atoms with Crippen LogP contribution in [0.5, 0.6) is 0 Å². The predicted molar refractivity (Wildman–Crippen MR) is 102 cm³/mol. The zero-order valence-corrected chi connectivity index (χ0v) is 16.3. The summed E-state index contributed by atoms with van der Waals surface area (Å²) in [5, 5.41) is 3.19. The average Bonchev–Trinajstić information content (AvgIpc) is 3.30. The summed E-state index contributed by atoms with van der Waals surface area (Å²) in [5.74, 6) is -1.69. The van der Waals surface area contributed by atoms with Gasteiger partial charge in [0.25, 0.3) is 0 Å². The van der Waals surface area contributed by atoms with Crippen LogP contribution in [0, 0.1) is 17.8 Å². The van der Waals surface area contributed by atoms with Gasteiger partial charge in [0.15, 0.2) is 0 Å². The van der Waals surface area contributed by atoms with Crippen LogP contribution in [0.4, 0.5) is 10.5 Å². The van der Waals surface area contributed by atoms with E-state index in [4.69, 9.17) is 21.1 Å². The van der Waals surface area contributed by atoms with Gasteiger partial charge < -0.3 is 14.8 Å². The van der Waals surface area contributed by atoms with Crippen molar-refractivity contribution in [2.24, 2.45) is 17.8 Å². The van der Waals surface area contributed by atoms with E-state index in [1.807, 2.05) is 13.8 Å². The van der Waals surface area contributed by atoms with E-state index in [1.165, 1.54) is 4.90 Å². The number of halogens is 1. The molecule has 2 saturated heterocycles. The highest BCUT2D eigenvalue weighted by atomic mass is 35.5. The fourth-order valence-electron chi connectivity index (χ4n) is 4.05. The van der Waals surface area contributed by atoms with Gasteiger partial charge in [-0.2, -0.15) is 0 Å². The summed E-state index contributed by atoms with van der Waals surface area (Å²) < 4.78 is 11.1. The van der Waals surface area contributed by atoms with Crippen LogP contribution >= 0.6 is 11.6 Å². The van der Waals surface area contributed by atoms with Crippen molar-refractivity contribution in [1.29, 1.82) is 0 Å². The number of benzene rings is 1. The minimum absolute atomic E-state index is 0.0611. The van der Waals surface area contributed by atoms with E-state index in [9.17, 15) is 14.4 Å². The van der Waals surface area contributed by atoms with E-state index in [2.05, 4.69) is 5.32 Å². The third-order valence-corrected chi connectivity index (χ3v) is 5.55. The van der Waals surface area contributed by atoms with Gasteiger partial charge in [0.05, 0.1) is 36.8 Å². The summed E-state index contributed by atoms with van der Waals surface area (Å²) in [5.41, 5.74) is -0.562. The molecule has 4 atom stereocenters. The standard InChI is InChI=1S/C20H21ClN2O5/c1-11(2)9-27-19(26)22-10-20-8-7-14(28-20)15-16(20)18(25)23(17(15)24)13-5-3-12(21)4-6-13/h3-8,11,14-16H,9-10H2,1-2H3,(H,22,26)/t14-,15-,16+,20-/m1/s1. The number of ether oxygens (including phenoxy) is 2. The van der Waals surface area contributed by atoms with Crippen LogP contribution in [0.2, 0.25) is 5.02 Å². The first-order chi connectivity index (χ1) is 13.3. The van der Waals surface area contributed by atoms with Gasteiger partial charge >= 0.3 is 6.09 Å². The first-order valence-corrected chi connectivity index (χ1v) is 9.61. The second-order valence-electron chi connectivity index (χ2n) is 7.73. The van der Waals surface area contributed by atoms with Gasteiger partial charge in [0.2, 0.25) is 11.8 Å². The summed E-state index contributed by atoms with van der Waals surface area (Å²) in [6, 6.07) is 6.56. The number of imide groups is 1. The second kappa shape index (κ2) is 6.90. The van der Waals surface area contributed by atoms with Gasteiger partial charge in [-0.3, -0.25) is 9.59 Å². The number of hydrogen-bond donors (Lipinski definition) is 1. The zero-order chi connectivity index (χ0) is 20.1. The summed E-state index contributed by atoms with van der Waals surface area (Å²) in [7, 11) is 0. The molecule has 8 heteroatoms. The number of fused-ring (bicyclic) bond motifs is 5. The minimum Gasteiger partial charge on any atom is -0.449 e. The van der Waals surface area contributed by atoms with Crippen molar-refractivity contribution >= 4 is 35.2 Å². The molecule has 0 spiro atoms. The van der Waals surface area contributed by atoms with Crippen molar-refractivity contribution in [2.45, 2.75) is 25.6 Å². The predicted octanol–water partition coefficient (Wildman–Crippen LogP) is 2.54. The van der Waals surface area contributed by atoms with Crippen molar-refractivity contribution in [1.82, 2.24) is 5.32 Å². The second-order valence-corrected chi connectivity index (χ2v) is 8.17. The van der Waals surface area contributed by atoms with Crippen LogP contribution < -0.4 is 10.2 Å². The molecule has 0 aliphatic carbocycles. The summed E-state index contributed by atoms with van der Waals surface area (Å²) in [4.78, 5) is 39.3. The molecule has 7 nitrogen and oxygen atoms in total. The number of rotatable bonds is 5. The maximum absolute atomic E-state index is 13.2. The van der Waals surface area contributed by atoms with Crippen LogP contribution in [0.3, 0.4) is 0 Å². The lowest BCUT2D eigenvalue weighted by molar-refractivity contribution is -0.126. The van der Waals surface area contributed by atoms with Gasteiger partial charge in [0, 0.05) is 5.02 Å². The third-order valence-electron chi connectivity index (χ3n) is 5.30. The quantitative estimate of drug-likeness (QED) is 0.602. The molecule has 2 fully saturated rings. The Labute approximate surface area is 167 Å². The van der Waals surface area contributed by atoms with Gasteiger partial charge in [-0.05, 0) is 30.2 Å². The molecule has 28 heavy (non-hydrogen) atoms. The number of nitrogens with zero attached hydrogens (tertiary/aromatic N) is 1. The van der Waals surface area contributed by atoms with Crippen LogP contribution in [-0.2, 0) is 19.1 Å². The number of alkyl carbamates (subject to hydrolysis) is 1. The Hall–Kier alpha value is -2.38. The molecule has 1 aromatic rings. The maximum Gasteiger partial charge on any atom is 0.407 e. The van der Waals surface area contributed by atoms with Gasteiger partial charge in [0.1, 0.15) is 5.60 Å². The largest absolute Gasteiger partial charge is 0.449 e. The first kappa shape index (κ1) is 19.0. The highest BCUT2D eigenvalue weighted by Crippen LogP contribution is 2.52. The number of carbonyl (C=O) groups is 3. The Morgan fingerprint density at radius 2 is 2.00 bits per heavy atom. The lowest BCUT2D eigenvalue weighted by Gasteiger charge is -2.29. The lowest BCUT2D eigenvalue weighted by Crippen LogP contribution is -2.49.